The fourth-order valence-electron chi connectivity index (χ4n) is 4.49. The summed E-state index contributed by atoms with van der Waals surface area (Å²) in [5, 5.41) is 0. The molecule has 0 aromatic carbocycles. The second-order valence-corrected chi connectivity index (χ2v) is 12.0. The molecule has 8 nitrogen and oxygen atoms in total. The van der Waals surface area contributed by atoms with E-state index in [0.717, 1.165) is 38.5 Å². The molecule has 0 saturated carbocycles. The maximum absolute atomic E-state index is 12.2. The number of hydrogen-bond donors (Lipinski definition) is 2. The maximum Gasteiger partial charge on any atom is 0.469 e. The van der Waals surface area contributed by atoms with Crippen LogP contribution in [0, 0.1) is 0 Å². The molecule has 0 unspecified atom stereocenters. The highest BCUT2D eigenvalue weighted by atomic mass is 31.2. The van der Waals surface area contributed by atoms with Crippen LogP contribution in [0.25, 0.3) is 0 Å². The second-order valence-electron chi connectivity index (χ2n) is 10.8. The number of phosphoric acid groups is 1. The van der Waals surface area contributed by atoms with Gasteiger partial charge in [0, 0.05) is 12.8 Å². The zero-order chi connectivity index (χ0) is 29.0. The minimum Gasteiger partial charge on any atom is -0.462 e. The third-order valence-corrected chi connectivity index (χ3v) is 7.36. The topological polar surface area (TPSA) is 119 Å². The van der Waals surface area contributed by atoms with Gasteiger partial charge in [-0.1, -0.05) is 136 Å². The number of rotatable bonds is 29. The van der Waals surface area contributed by atoms with Crippen LogP contribution in [0.3, 0.4) is 0 Å². The Morgan fingerprint density at radius 3 is 1.31 bits per heavy atom. The molecule has 0 heterocycles. The molecule has 232 valence electrons. The molecule has 0 aliphatic rings. The second kappa shape index (κ2) is 27.2. The Balaban J connectivity index is 3.98. The first-order valence-corrected chi connectivity index (χ1v) is 17.4. The molecule has 39 heavy (non-hydrogen) atoms. The normalized spacial score (nSPS) is 12.4. The Hall–Kier alpha value is -0.950. The van der Waals surface area contributed by atoms with E-state index in [1.165, 1.54) is 89.9 Å². The Morgan fingerprint density at radius 1 is 0.564 bits per heavy atom. The molecule has 0 aromatic rings. The molecule has 0 rings (SSSR count). The fourth-order valence-corrected chi connectivity index (χ4v) is 4.85. The molecule has 0 fully saturated rings. The van der Waals surface area contributed by atoms with Gasteiger partial charge in [0.25, 0.3) is 0 Å². The van der Waals surface area contributed by atoms with E-state index in [1.807, 2.05) is 0 Å². The molecule has 0 radical (unpaired) electrons. The van der Waals surface area contributed by atoms with Gasteiger partial charge in [-0.15, -0.1) is 0 Å². The van der Waals surface area contributed by atoms with Crippen LogP contribution in [-0.2, 0) is 28.2 Å². The third kappa shape index (κ3) is 29.8. The van der Waals surface area contributed by atoms with Gasteiger partial charge in [0.15, 0.2) is 6.10 Å². The van der Waals surface area contributed by atoms with Crippen molar-refractivity contribution in [3.63, 3.8) is 0 Å². The van der Waals surface area contributed by atoms with Crippen molar-refractivity contribution in [2.75, 3.05) is 13.2 Å². The number of carbonyl (C=O) groups excluding carboxylic acids is 2. The van der Waals surface area contributed by atoms with Gasteiger partial charge in [0.1, 0.15) is 6.61 Å². The van der Waals surface area contributed by atoms with E-state index in [2.05, 4.69) is 18.4 Å². The average molecular weight is 579 g/mol. The minimum absolute atomic E-state index is 0.217. The first-order valence-electron chi connectivity index (χ1n) is 15.8. The lowest BCUT2D eigenvalue weighted by Gasteiger charge is -2.18. The van der Waals surface area contributed by atoms with Crippen LogP contribution < -0.4 is 0 Å². The Kier molecular flexibility index (Phi) is 26.6. The van der Waals surface area contributed by atoms with Gasteiger partial charge in [0.2, 0.25) is 0 Å². The summed E-state index contributed by atoms with van der Waals surface area (Å²) in [6.45, 7) is 3.62. The van der Waals surface area contributed by atoms with Crippen molar-refractivity contribution >= 4 is 19.8 Å². The first-order chi connectivity index (χ1) is 18.8. The van der Waals surface area contributed by atoms with Crippen LogP contribution >= 0.6 is 7.82 Å². The maximum atomic E-state index is 12.2. The van der Waals surface area contributed by atoms with E-state index in [4.69, 9.17) is 19.3 Å². The molecule has 0 saturated heterocycles. The predicted octanol–water partition coefficient (Wildman–Crippen LogP) is 8.56. The summed E-state index contributed by atoms with van der Waals surface area (Å²) in [4.78, 5) is 42.3. The number of carbonyl (C=O) groups is 2. The monoisotopic (exact) mass is 578 g/mol. The zero-order valence-corrected chi connectivity index (χ0v) is 25.9. The molecule has 0 amide bonds. The van der Waals surface area contributed by atoms with Crippen LogP contribution in [0.1, 0.15) is 162 Å². The summed E-state index contributed by atoms with van der Waals surface area (Å²) in [5.74, 6) is -0.883. The minimum atomic E-state index is -4.73. The van der Waals surface area contributed by atoms with Gasteiger partial charge in [-0.25, -0.2) is 4.57 Å². The van der Waals surface area contributed by atoms with Crippen LogP contribution in [-0.4, -0.2) is 41.0 Å². The molecule has 0 aliphatic carbocycles. The van der Waals surface area contributed by atoms with E-state index in [9.17, 15) is 14.2 Å². The Bertz CT molecular complexity index is 622. The van der Waals surface area contributed by atoms with Crippen LogP contribution in [0.15, 0.2) is 0 Å². The third-order valence-electron chi connectivity index (χ3n) is 6.88. The molecule has 1 atom stereocenters. The zero-order valence-electron chi connectivity index (χ0n) is 25.0. The quantitative estimate of drug-likeness (QED) is 0.0514. The largest absolute Gasteiger partial charge is 0.469 e. The van der Waals surface area contributed by atoms with Crippen molar-refractivity contribution in [2.45, 2.75) is 168 Å². The van der Waals surface area contributed by atoms with Crippen LogP contribution in [0.4, 0.5) is 0 Å². The lowest BCUT2D eigenvalue weighted by molar-refractivity contribution is -0.161. The smallest absolute Gasteiger partial charge is 0.462 e. The van der Waals surface area contributed by atoms with Gasteiger partial charge in [-0.3, -0.25) is 14.1 Å². The van der Waals surface area contributed by atoms with Crippen LogP contribution in [0.2, 0.25) is 0 Å². The number of esters is 2. The van der Waals surface area contributed by atoms with Crippen LogP contribution in [0.5, 0.6) is 0 Å². The number of ether oxygens (including phenoxy) is 2. The summed E-state index contributed by atoms with van der Waals surface area (Å²) < 4.78 is 26.1. The molecule has 0 spiro atoms. The molecule has 0 aromatic heterocycles. The highest BCUT2D eigenvalue weighted by Gasteiger charge is 2.22. The average Bonchev–Trinajstić information content (AvgIpc) is 2.89. The summed E-state index contributed by atoms with van der Waals surface area (Å²) >= 11 is 0. The number of phosphoric ester groups is 1. The number of hydrogen-bond acceptors (Lipinski definition) is 6. The lowest BCUT2D eigenvalue weighted by Crippen LogP contribution is -2.29. The summed E-state index contributed by atoms with van der Waals surface area (Å²) in [6, 6.07) is 0. The van der Waals surface area contributed by atoms with E-state index in [1.54, 1.807) is 0 Å². The van der Waals surface area contributed by atoms with E-state index in [0.29, 0.717) is 6.42 Å². The van der Waals surface area contributed by atoms with Crippen molar-refractivity contribution in [2.24, 2.45) is 0 Å². The molecule has 0 aliphatic heterocycles. The van der Waals surface area contributed by atoms with Gasteiger partial charge in [-0.2, -0.15) is 0 Å². The molecular formula is C30H59O8P. The predicted molar refractivity (Wildman–Crippen MR) is 156 cm³/mol. The first kappa shape index (κ1) is 38.0. The molecular weight excluding hydrogens is 519 g/mol. The Labute approximate surface area is 238 Å². The van der Waals surface area contributed by atoms with Crippen molar-refractivity contribution in [3.8, 4) is 0 Å². The number of unbranched alkanes of at least 4 members (excludes halogenated alkanes) is 19. The molecule has 2 N–H and O–H groups in total. The van der Waals surface area contributed by atoms with E-state index >= 15 is 0 Å². The van der Waals surface area contributed by atoms with E-state index < -0.39 is 32.5 Å². The van der Waals surface area contributed by atoms with Crippen molar-refractivity contribution in [1.29, 1.82) is 0 Å². The highest BCUT2D eigenvalue weighted by Crippen LogP contribution is 2.35. The van der Waals surface area contributed by atoms with Gasteiger partial charge in [-0.05, 0) is 12.8 Å². The van der Waals surface area contributed by atoms with Gasteiger partial charge in [0.05, 0.1) is 6.61 Å². The Morgan fingerprint density at radius 2 is 0.923 bits per heavy atom. The summed E-state index contributed by atoms with van der Waals surface area (Å²) in [6.07, 6.45) is 24.1. The summed E-state index contributed by atoms with van der Waals surface area (Å²) in [7, 11) is -4.73. The molecule has 0 bridgehead atoms. The standard InChI is InChI=1S/C30H59O8P/c1-3-5-7-9-11-13-14-15-16-17-19-20-22-24-29(31)36-26-28(27-37-39(33,34)35)38-30(32)25-23-21-18-12-10-8-6-4-2/h28H,3-27H2,1-2H3,(H2,33,34,35)/t28-/m1/s1. The fraction of sp³-hybridized carbons (Fsp3) is 0.933. The van der Waals surface area contributed by atoms with Gasteiger partial charge < -0.3 is 19.3 Å². The van der Waals surface area contributed by atoms with Crippen molar-refractivity contribution < 1.29 is 37.9 Å². The highest BCUT2D eigenvalue weighted by molar-refractivity contribution is 7.46. The SMILES string of the molecule is CCCCCCCCCCCCCCCC(=O)OC[C@H](COP(=O)(O)O)OC(=O)CCCCCCCCCC. The van der Waals surface area contributed by atoms with Gasteiger partial charge >= 0.3 is 19.8 Å². The van der Waals surface area contributed by atoms with Crippen molar-refractivity contribution in [1.82, 2.24) is 0 Å². The lowest BCUT2D eigenvalue weighted by atomic mass is 10.0. The molecule has 9 heteroatoms. The van der Waals surface area contributed by atoms with Crippen molar-refractivity contribution in [3.05, 3.63) is 0 Å². The summed E-state index contributed by atoms with van der Waals surface area (Å²) in [5.41, 5.74) is 0. The van der Waals surface area contributed by atoms with E-state index in [-0.39, 0.29) is 19.4 Å².